The first-order chi connectivity index (χ1) is 48.2. The minimum absolute atomic E-state index is 0.0529. The maximum Gasteiger partial charge on any atom is 0.227 e. The Kier molecular flexibility index (Phi) is 19.9. The number of pyridine rings is 1. The Hall–Kier alpha value is -8.93. The van der Waals surface area contributed by atoms with Crippen LogP contribution in [0, 0.1) is 96.9 Å². The highest BCUT2D eigenvalue weighted by atomic mass is 16.3. The van der Waals surface area contributed by atoms with Gasteiger partial charge >= 0.3 is 0 Å². The Morgan fingerprint density at radius 3 is 1.14 bits per heavy atom. The van der Waals surface area contributed by atoms with Gasteiger partial charge in [0.05, 0.1) is 0 Å². The molecule has 104 heavy (non-hydrogen) atoms. The van der Waals surface area contributed by atoms with Gasteiger partial charge in [0.1, 0.15) is 39.1 Å². The van der Waals surface area contributed by atoms with E-state index in [9.17, 15) is 0 Å². The Balaban J connectivity index is 0.000000130. The third-order valence-electron chi connectivity index (χ3n) is 21.8. The van der Waals surface area contributed by atoms with Gasteiger partial charge in [-0.3, -0.25) is 0 Å². The molecule has 0 saturated carbocycles. The van der Waals surface area contributed by atoms with E-state index in [1.54, 1.807) is 0 Å². The minimum atomic E-state index is 0.0529. The highest BCUT2D eigenvalue weighted by Gasteiger charge is 2.31. The molecule has 5 nitrogen and oxygen atoms in total. The van der Waals surface area contributed by atoms with Crippen molar-refractivity contribution in [3.05, 3.63) is 239 Å². The molecule has 0 radical (unpaired) electrons. The Labute approximate surface area is 621 Å². The Morgan fingerprint density at radius 1 is 0.250 bits per heavy atom. The van der Waals surface area contributed by atoms with E-state index < -0.39 is 0 Å². The topological polar surface area (TPSA) is 65.5 Å². The Bertz CT molecular complexity index is 5850. The van der Waals surface area contributed by atoms with E-state index in [-0.39, 0.29) is 32.5 Å². The van der Waals surface area contributed by atoms with E-state index >= 15 is 0 Å². The SMILES string of the molecule is Cc1c(C(C)(C)C)cc(C(C)(C)C)c2cc3ccccc3cc12.Cc1cc(C)c2c(c1)oc1c(C(C)(C)C)c(C)c(C)cc12.Cc1cc(C)c2oc3c(C(C)(C)C)c(C)c(C)cc3c2c1.Cc1cc2c(oc3ccccc32)c(C(C)(C)C)c1C.Cc1ccc2c(n1)oc1c(C(C)(C)C)c(C)c(C)cc12. The van der Waals surface area contributed by atoms with E-state index in [4.69, 9.17) is 17.7 Å². The lowest BCUT2D eigenvalue weighted by atomic mass is 9.75. The van der Waals surface area contributed by atoms with Gasteiger partial charge in [0.2, 0.25) is 5.71 Å². The van der Waals surface area contributed by atoms with E-state index in [0.717, 1.165) is 55.9 Å². The zero-order valence-corrected chi connectivity index (χ0v) is 69.2. The van der Waals surface area contributed by atoms with Gasteiger partial charge in [-0.25, -0.2) is 4.98 Å². The second-order valence-corrected chi connectivity index (χ2v) is 36.7. The lowest BCUT2D eigenvalue weighted by Gasteiger charge is -2.29. The summed E-state index contributed by atoms with van der Waals surface area (Å²) in [5.74, 6) is 0. The number of benzene rings is 10. The molecule has 0 saturated heterocycles. The predicted octanol–water partition coefficient (Wildman–Crippen LogP) is 29.8. The second kappa shape index (κ2) is 27.2. The monoisotopic (exact) mass is 1380 g/mol. The number of aromatic nitrogens is 1. The van der Waals surface area contributed by atoms with Crippen molar-refractivity contribution in [2.24, 2.45) is 0 Å². The molecule has 542 valence electrons. The summed E-state index contributed by atoms with van der Waals surface area (Å²) in [4.78, 5) is 4.53. The molecule has 5 aromatic heterocycles. The van der Waals surface area contributed by atoms with Crippen molar-refractivity contribution in [1.29, 1.82) is 0 Å². The van der Waals surface area contributed by atoms with Crippen molar-refractivity contribution in [1.82, 2.24) is 4.98 Å². The zero-order chi connectivity index (χ0) is 76.5. The van der Waals surface area contributed by atoms with E-state index in [0.29, 0.717) is 0 Å². The summed E-state index contributed by atoms with van der Waals surface area (Å²) in [6.07, 6.45) is 0. The smallest absolute Gasteiger partial charge is 0.227 e. The first-order valence-corrected chi connectivity index (χ1v) is 37.7. The summed E-state index contributed by atoms with van der Waals surface area (Å²) in [5, 5.41) is 15.2. The molecule has 0 aliphatic carbocycles. The molecule has 0 N–H and O–H groups in total. The average Bonchev–Trinajstić information content (AvgIpc) is 1.41. The van der Waals surface area contributed by atoms with Crippen LogP contribution >= 0.6 is 0 Å². The highest BCUT2D eigenvalue weighted by molar-refractivity contribution is 6.11. The summed E-state index contributed by atoms with van der Waals surface area (Å²) in [5.41, 5.74) is 34.9. The third kappa shape index (κ3) is 14.4. The Morgan fingerprint density at radius 2 is 0.644 bits per heavy atom. The lowest BCUT2D eigenvalue weighted by molar-refractivity contribution is 0.565. The van der Waals surface area contributed by atoms with Crippen LogP contribution in [0.15, 0.2) is 145 Å². The van der Waals surface area contributed by atoms with E-state index in [2.05, 4.69) is 329 Å². The first kappa shape index (κ1) is 76.2. The number of nitrogens with zero attached hydrogens (tertiary/aromatic N) is 1. The molecule has 0 bridgehead atoms. The van der Waals surface area contributed by atoms with Crippen LogP contribution in [0.3, 0.4) is 0 Å². The molecule has 10 aromatic carbocycles. The zero-order valence-electron chi connectivity index (χ0n) is 69.2. The maximum absolute atomic E-state index is 6.33. The van der Waals surface area contributed by atoms with Crippen LogP contribution in [0.25, 0.3) is 109 Å². The summed E-state index contributed by atoms with van der Waals surface area (Å²) >= 11 is 0. The van der Waals surface area contributed by atoms with Gasteiger partial charge in [0.25, 0.3) is 0 Å². The van der Waals surface area contributed by atoms with Crippen molar-refractivity contribution in [2.75, 3.05) is 0 Å². The average molecular weight is 1390 g/mol. The molecule has 0 atom stereocenters. The van der Waals surface area contributed by atoms with Gasteiger partial charge in [-0.1, -0.05) is 185 Å². The largest absolute Gasteiger partial charge is 0.456 e. The number of hydrogen-bond donors (Lipinski definition) is 0. The number of furan rings is 4. The van der Waals surface area contributed by atoms with Crippen molar-refractivity contribution >= 4 is 109 Å². The molecule has 0 fully saturated rings. The molecule has 0 spiro atoms. The van der Waals surface area contributed by atoms with Gasteiger partial charge in [0, 0.05) is 71.0 Å². The predicted molar refractivity (Wildman–Crippen MR) is 453 cm³/mol. The van der Waals surface area contributed by atoms with Gasteiger partial charge < -0.3 is 17.7 Å². The fourth-order valence-electron chi connectivity index (χ4n) is 16.7. The maximum atomic E-state index is 6.33. The standard InChI is InChI=1S/C23H28.2C20H24O.C18H21NO.C18H20O/c1-15-18-12-16-10-8-9-11-17(16)13-19(18)21(23(5,6)7)14-20(15)22(2,3)4;1-11-8-13(3)17-15-10-12(2)14(4)18(20(5,6)7)19(15)21-16(17)9-11;1-11-8-13(3)18-15(9-11)16-10-12(2)14(4)17(19(16)21-18)20(5,6)7;1-10-9-14-13-8-7-11(2)19-17(13)20-16(14)15(12(10)3)18(4,5)6;1-11-10-14-13-8-6-7-9-15(13)19-17(14)16(12(11)2)18(3,4)5/h8-14H,1-7H3;2*8-10H,1-7H3;7-9H,1-6H3;6-10H,1-5H3. The second-order valence-electron chi connectivity index (χ2n) is 36.7. The molecule has 15 rings (SSSR count). The number of aryl methyl sites for hydroxylation is 10. The summed E-state index contributed by atoms with van der Waals surface area (Å²) < 4.78 is 24.9. The molecule has 15 aromatic rings. The molecule has 5 heterocycles. The number of rotatable bonds is 0. The van der Waals surface area contributed by atoms with Crippen LogP contribution in [0.5, 0.6) is 0 Å². The van der Waals surface area contributed by atoms with Crippen LogP contribution in [0.1, 0.15) is 236 Å². The van der Waals surface area contributed by atoms with Crippen LogP contribution in [0.4, 0.5) is 0 Å². The summed E-state index contributed by atoms with van der Waals surface area (Å²) in [7, 11) is 0. The third-order valence-corrected chi connectivity index (χ3v) is 21.8. The number of hydrogen-bond acceptors (Lipinski definition) is 5. The van der Waals surface area contributed by atoms with Crippen LogP contribution in [-0.4, -0.2) is 4.98 Å². The van der Waals surface area contributed by atoms with Gasteiger partial charge in [-0.2, -0.15) is 0 Å². The molecule has 0 amide bonds. The minimum Gasteiger partial charge on any atom is -0.456 e. The number of fused-ring (bicyclic) bond motifs is 14. The van der Waals surface area contributed by atoms with Crippen molar-refractivity contribution in [3.8, 4) is 0 Å². The normalized spacial score (nSPS) is 12.6. The first-order valence-electron chi connectivity index (χ1n) is 37.7. The van der Waals surface area contributed by atoms with Gasteiger partial charge in [0.15, 0.2) is 0 Å². The molecule has 0 unspecified atom stereocenters. The fourth-order valence-corrected chi connectivity index (χ4v) is 16.7. The van der Waals surface area contributed by atoms with E-state index in [1.165, 1.54) is 165 Å². The fraction of sp³-hybridized carbons (Fsp3) is 0.384. The summed E-state index contributed by atoms with van der Waals surface area (Å²) in [6, 6.07) is 46.2. The van der Waals surface area contributed by atoms with Gasteiger partial charge in [-0.15, -0.1) is 0 Å². The molecule has 5 heteroatoms. The van der Waals surface area contributed by atoms with Crippen LogP contribution in [-0.2, 0) is 32.5 Å². The quantitative estimate of drug-likeness (QED) is 0.142. The van der Waals surface area contributed by atoms with Crippen LogP contribution in [0.2, 0.25) is 0 Å². The molecular weight excluding hydrogens is 1270 g/mol. The van der Waals surface area contributed by atoms with Gasteiger partial charge in [-0.05, 0) is 301 Å². The summed E-state index contributed by atoms with van der Waals surface area (Å²) in [6.45, 7) is 71.4. The molecular formula is C99H117NO4. The van der Waals surface area contributed by atoms with E-state index in [1.807, 2.05) is 25.1 Å². The van der Waals surface area contributed by atoms with Crippen LogP contribution < -0.4 is 0 Å². The van der Waals surface area contributed by atoms with Crippen molar-refractivity contribution in [3.63, 3.8) is 0 Å². The van der Waals surface area contributed by atoms with Crippen molar-refractivity contribution < 1.29 is 17.7 Å². The van der Waals surface area contributed by atoms with Crippen molar-refractivity contribution in [2.45, 2.75) is 254 Å². The molecule has 0 aliphatic rings. The number of para-hydroxylation sites is 1. The highest BCUT2D eigenvalue weighted by Crippen LogP contribution is 2.46. The lowest BCUT2D eigenvalue weighted by Crippen LogP contribution is -2.18. The molecule has 0 aliphatic heterocycles.